The van der Waals surface area contributed by atoms with Gasteiger partial charge in [0.15, 0.2) is 6.29 Å². The molecule has 9 atom stereocenters. The molecule has 11 heteroatoms. The zero-order chi connectivity index (χ0) is 47.6. The van der Waals surface area contributed by atoms with Crippen molar-refractivity contribution in [2.24, 2.45) is 0 Å². The van der Waals surface area contributed by atoms with Crippen LogP contribution < -0.4 is 5.32 Å². The quantitative estimate of drug-likeness (QED) is 0.0216. The third-order valence-electron chi connectivity index (χ3n) is 13.2. The molecule has 9 unspecified atom stereocenters. The average molecular weight is 926 g/mol. The topological polar surface area (TPSA) is 189 Å². The molecule has 1 rings (SSSR count). The van der Waals surface area contributed by atoms with Crippen LogP contribution in [0.2, 0.25) is 0 Å². The van der Waals surface area contributed by atoms with Gasteiger partial charge in [0.1, 0.15) is 36.6 Å². The van der Waals surface area contributed by atoms with Gasteiger partial charge in [0.25, 0.3) is 0 Å². The van der Waals surface area contributed by atoms with E-state index in [1.165, 1.54) is 161 Å². The molecule has 0 aromatic heterocycles. The van der Waals surface area contributed by atoms with E-state index in [9.17, 15) is 40.5 Å². The van der Waals surface area contributed by atoms with E-state index >= 15 is 0 Å². The van der Waals surface area contributed by atoms with E-state index in [0.29, 0.717) is 19.3 Å². The van der Waals surface area contributed by atoms with Crippen LogP contribution in [0.1, 0.15) is 245 Å². The second-order valence-electron chi connectivity index (χ2n) is 19.3. The van der Waals surface area contributed by atoms with Crippen molar-refractivity contribution in [3.8, 4) is 0 Å². The van der Waals surface area contributed by atoms with Crippen LogP contribution in [0.15, 0.2) is 24.3 Å². The highest BCUT2D eigenvalue weighted by molar-refractivity contribution is 5.80. The van der Waals surface area contributed by atoms with E-state index in [-0.39, 0.29) is 12.8 Å². The Kier molecular flexibility index (Phi) is 41.6. The van der Waals surface area contributed by atoms with Crippen LogP contribution in [0.4, 0.5) is 0 Å². The molecule has 0 radical (unpaired) electrons. The van der Waals surface area contributed by atoms with E-state index < -0.39 is 74.2 Å². The predicted molar refractivity (Wildman–Crippen MR) is 266 cm³/mol. The molecule has 0 aromatic carbocycles. The molecule has 11 nitrogen and oxygen atoms in total. The van der Waals surface area contributed by atoms with Crippen LogP contribution in [0, 0.1) is 0 Å². The normalized spacial score (nSPS) is 21.0. The molecular weight excluding hydrogens is 823 g/mol. The van der Waals surface area contributed by atoms with Crippen LogP contribution in [-0.2, 0) is 14.3 Å². The van der Waals surface area contributed by atoms with Crippen molar-refractivity contribution in [3.63, 3.8) is 0 Å². The van der Waals surface area contributed by atoms with Gasteiger partial charge in [0, 0.05) is 0 Å². The highest BCUT2D eigenvalue weighted by Gasteiger charge is 2.44. The molecule has 8 N–H and O–H groups in total. The highest BCUT2D eigenvalue weighted by Crippen LogP contribution is 2.23. The minimum Gasteiger partial charge on any atom is -0.394 e. The number of rotatable bonds is 46. The Bertz CT molecular complexity index is 1110. The molecule has 1 fully saturated rings. The summed E-state index contributed by atoms with van der Waals surface area (Å²) >= 11 is 0. The largest absolute Gasteiger partial charge is 0.394 e. The summed E-state index contributed by atoms with van der Waals surface area (Å²) in [6.07, 6.45) is 39.6. The number of carbonyl (C=O) groups excluding carboxylic acids is 1. The molecule has 0 spiro atoms. The van der Waals surface area contributed by atoms with E-state index in [0.717, 1.165) is 38.5 Å². The first-order valence-electron chi connectivity index (χ1n) is 27.2. The Morgan fingerprint density at radius 3 is 1.37 bits per heavy atom. The van der Waals surface area contributed by atoms with Gasteiger partial charge in [-0.1, -0.05) is 218 Å². The van der Waals surface area contributed by atoms with Crippen LogP contribution in [0.25, 0.3) is 0 Å². The molecule has 0 saturated carbocycles. The number of unbranched alkanes of at least 4 members (excludes halogenated alkanes) is 30. The maximum Gasteiger partial charge on any atom is 0.249 e. The lowest BCUT2D eigenvalue weighted by Crippen LogP contribution is -2.60. The van der Waals surface area contributed by atoms with Crippen molar-refractivity contribution in [1.82, 2.24) is 5.32 Å². The Labute approximate surface area is 397 Å². The molecule has 1 amide bonds. The van der Waals surface area contributed by atoms with Gasteiger partial charge in [0.05, 0.1) is 25.4 Å². The summed E-state index contributed by atoms with van der Waals surface area (Å²) in [5, 5.41) is 75.9. The molecule has 384 valence electrons. The van der Waals surface area contributed by atoms with Crippen LogP contribution in [-0.4, -0.2) is 110 Å². The summed E-state index contributed by atoms with van der Waals surface area (Å²) in [6, 6.07) is -1.19. The Morgan fingerprint density at radius 1 is 0.523 bits per heavy atom. The summed E-state index contributed by atoms with van der Waals surface area (Å²) in [5.74, 6) is -0.709. The first-order chi connectivity index (χ1) is 31.7. The van der Waals surface area contributed by atoms with Gasteiger partial charge < -0.3 is 50.5 Å². The second kappa shape index (κ2) is 43.8. The van der Waals surface area contributed by atoms with Crippen molar-refractivity contribution >= 4 is 5.91 Å². The monoisotopic (exact) mass is 926 g/mol. The van der Waals surface area contributed by atoms with Crippen molar-refractivity contribution in [2.45, 2.75) is 300 Å². The Hall–Kier alpha value is -1.41. The fourth-order valence-corrected chi connectivity index (χ4v) is 8.75. The van der Waals surface area contributed by atoms with Crippen LogP contribution in [0.3, 0.4) is 0 Å². The number of allylic oxidation sites excluding steroid dienone is 4. The average Bonchev–Trinajstić information content (AvgIpc) is 3.31. The molecule has 1 aliphatic rings. The van der Waals surface area contributed by atoms with Crippen LogP contribution >= 0.6 is 0 Å². The van der Waals surface area contributed by atoms with E-state index in [1.807, 2.05) is 0 Å². The van der Waals surface area contributed by atoms with E-state index in [1.54, 1.807) is 0 Å². The van der Waals surface area contributed by atoms with E-state index in [2.05, 4.69) is 43.5 Å². The Balaban J connectivity index is 2.35. The van der Waals surface area contributed by atoms with Crippen LogP contribution in [0.5, 0.6) is 0 Å². The lowest BCUT2D eigenvalue weighted by Gasteiger charge is -2.40. The number of carbonyl (C=O) groups is 1. The standard InChI is InChI=1S/C54H103NO10/c1-3-5-7-9-11-13-15-17-18-19-20-21-22-23-24-25-26-27-28-30-31-33-35-37-39-41-46(57)49(59)45(44-64-54-52(62)51(61)50(60)48(43-56)65-54)55-53(63)47(58)42-40-38-36-34-32-29-16-14-12-10-8-6-4-2/h27-28,33,35,45-52,54,56-62H,3-26,29-32,34,36-44H2,1-2H3,(H,55,63)/b28-27+,35-33+. The molecule has 0 aliphatic carbocycles. The summed E-state index contributed by atoms with van der Waals surface area (Å²) < 4.78 is 11.1. The summed E-state index contributed by atoms with van der Waals surface area (Å²) in [5.41, 5.74) is 0. The lowest BCUT2D eigenvalue weighted by atomic mass is 9.98. The van der Waals surface area contributed by atoms with Gasteiger partial charge >= 0.3 is 0 Å². The lowest BCUT2D eigenvalue weighted by molar-refractivity contribution is -0.303. The summed E-state index contributed by atoms with van der Waals surface area (Å²) in [6.45, 7) is 3.44. The molecule has 1 heterocycles. The first-order valence-corrected chi connectivity index (χ1v) is 27.2. The molecule has 1 saturated heterocycles. The van der Waals surface area contributed by atoms with E-state index in [4.69, 9.17) is 9.47 Å². The third kappa shape index (κ3) is 32.9. The molecular formula is C54H103NO10. The number of amides is 1. The number of aliphatic hydroxyl groups is 7. The number of nitrogens with one attached hydrogen (secondary N) is 1. The van der Waals surface area contributed by atoms with Gasteiger partial charge in [-0.05, 0) is 51.4 Å². The number of hydrogen-bond donors (Lipinski definition) is 8. The summed E-state index contributed by atoms with van der Waals surface area (Å²) in [7, 11) is 0. The zero-order valence-electron chi connectivity index (χ0n) is 41.7. The molecule has 65 heavy (non-hydrogen) atoms. The molecule has 0 bridgehead atoms. The van der Waals surface area contributed by atoms with Gasteiger partial charge in [-0.25, -0.2) is 0 Å². The van der Waals surface area contributed by atoms with Gasteiger partial charge in [-0.3, -0.25) is 4.79 Å². The van der Waals surface area contributed by atoms with Gasteiger partial charge in [-0.15, -0.1) is 0 Å². The fourth-order valence-electron chi connectivity index (χ4n) is 8.75. The molecule has 0 aromatic rings. The Morgan fingerprint density at radius 2 is 0.923 bits per heavy atom. The fraction of sp³-hybridized carbons (Fsp3) is 0.907. The number of ether oxygens (including phenoxy) is 2. The van der Waals surface area contributed by atoms with Crippen molar-refractivity contribution < 1.29 is 50.0 Å². The summed E-state index contributed by atoms with van der Waals surface area (Å²) in [4.78, 5) is 13.1. The first kappa shape index (κ1) is 61.6. The zero-order valence-corrected chi connectivity index (χ0v) is 41.7. The minimum atomic E-state index is -1.67. The highest BCUT2D eigenvalue weighted by atomic mass is 16.7. The smallest absolute Gasteiger partial charge is 0.249 e. The maximum atomic E-state index is 13.1. The van der Waals surface area contributed by atoms with Gasteiger partial charge in [-0.2, -0.15) is 0 Å². The minimum absolute atomic E-state index is 0.249. The maximum absolute atomic E-state index is 13.1. The number of hydrogen-bond acceptors (Lipinski definition) is 10. The number of aliphatic hydroxyl groups excluding tert-OH is 7. The molecule has 1 aliphatic heterocycles. The van der Waals surface area contributed by atoms with Gasteiger partial charge in [0.2, 0.25) is 5.91 Å². The van der Waals surface area contributed by atoms with Crippen molar-refractivity contribution in [1.29, 1.82) is 0 Å². The third-order valence-corrected chi connectivity index (χ3v) is 13.2. The van der Waals surface area contributed by atoms with Crippen molar-refractivity contribution in [3.05, 3.63) is 24.3 Å². The SMILES string of the molecule is CCCCCCCCCCCCCCCCCC/C=C/CC/C=C/CCCC(O)C(O)C(COC1OC(CO)C(O)C(O)C1O)NC(=O)C(O)CCCCCCCCCCCCCCC. The predicted octanol–water partition coefficient (Wildman–Crippen LogP) is 10.6. The van der Waals surface area contributed by atoms with Crippen molar-refractivity contribution in [2.75, 3.05) is 13.2 Å². The second-order valence-corrected chi connectivity index (χ2v) is 19.3.